The van der Waals surface area contributed by atoms with Crippen LogP contribution in [0.4, 0.5) is 13.2 Å². The molecule has 5 nitrogen and oxygen atoms in total. The van der Waals surface area contributed by atoms with E-state index in [0.29, 0.717) is 24.4 Å². The van der Waals surface area contributed by atoms with Crippen LogP contribution in [-0.4, -0.2) is 35.3 Å². The van der Waals surface area contributed by atoms with E-state index in [9.17, 15) is 18.0 Å². The number of thioether (sulfide) groups is 1. The van der Waals surface area contributed by atoms with Crippen LogP contribution < -0.4 is 10.2 Å². The highest BCUT2D eigenvalue weighted by molar-refractivity contribution is 7.99. The first-order valence-electron chi connectivity index (χ1n) is 11.4. The van der Waals surface area contributed by atoms with Gasteiger partial charge in [-0.3, -0.25) is 14.7 Å². The topological polar surface area (TPSA) is 55.6 Å². The smallest absolute Gasteiger partial charge is 0.416 e. The second-order valence-corrected chi connectivity index (χ2v) is 8.97. The summed E-state index contributed by atoms with van der Waals surface area (Å²) in [6.07, 6.45) is 1.14. The van der Waals surface area contributed by atoms with E-state index in [-0.39, 0.29) is 11.2 Å². The van der Waals surface area contributed by atoms with Gasteiger partial charge in [0.1, 0.15) is 12.0 Å². The van der Waals surface area contributed by atoms with Gasteiger partial charge in [0.25, 0.3) is 0 Å². The molecule has 0 unspecified atom stereocenters. The number of rotatable bonds is 12. The molecule has 0 spiro atoms. The lowest BCUT2D eigenvalue weighted by Crippen LogP contribution is -2.22. The molecule has 0 aliphatic heterocycles. The van der Waals surface area contributed by atoms with Crippen molar-refractivity contribution in [3.8, 4) is 5.75 Å². The van der Waals surface area contributed by atoms with Crippen molar-refractivity contribution in [2.24, 2.45) is 0 Å². The Morgan fingerprint density at radius 3 is 2.59 bits per heavy atom. The van der Waals surface area contributed by atoms with Crippen LogP contribution in [0.1, 0.15) is 44.4 Å². The molecule has 3 rings (SSSR count). The highest BCUT2D eigenvalue weighted by atomic mass is 32.2. The number of pyridine rings is 1. The molecule has 184 valence electrons. The van der Waals surface area contributed by atoms with E-state index in [2.05, 4.69) is 23.7 Å². The normalized spacial score (nSPS) is 11.9. The molecule has 0 aliphatic carbocycles. The molecule has 0 N–H and O–H groups in total. The van der Waals surface area contributed by atoms with Gasteiger partial charge in [-0.25, -0.2) is 0 Å². The average molecular weight is 495 g/mol. The summed E-state index contributed by atoms with van der Waals surface area (Å²) in [7, 11) is 0. The summed E-state index contributed by atoms with van der Waals surface area (Å²) in [4.78, 5) is 19.4. The third-order valence-corrected chi connectivity index (χ3v) is 6.62. The van der Waals surface area contributed by atoms with Gasteiger partial charge in [0.15, 0.2) is 0 Å². The highest BCUT2D eigenvalue weighted by Crippen LogP contribution is 2.33. The summed E-state index contributed by atoms with van der Waals surface area (Å²) in [5, 5.41) is 0.722. The maximum Gasteiger partial charge on any atom is 0.416 e. The van der Waals surface area contributed by atoms with Crippen LogP contribution in [0.2, 0.25) is 0 Å². The summed E-state index contributed by atoms with van der Waals surface area (Å²) in [6, 6.07) is 6.98. The summed E-state index contributed by atoms with van der Waals surface area (Å²) in [5.41, 5.74) is -0.528. The zero-order valence-corrected chi connectivity index (χ0v) is 20.2. The lowest BCUT2D eigenvalue weighted by Gasteiger charge is -2.16. The van der Waals surface area contributed by atoms with Crippen LogP contribution in [0.3, 0.4) is 0 Å². The number of aromatic nitrogens is 1. The quantitative estimate of drug-likeness (QED) is 0.215. The van der Waals surface area contributed by atoms with Crippen LogP contribution in [0, 0.1) is 0 Å². The van der Waals surface area contributed by atoms with Crippen molar-refractivity contribution in [3.05, 3.63) is 64.3 Å². The summed E-state index contributed by atoms with van der Waals surface area (Å²) in [5.74, 6) is 1.66. The van der Waals surface area contributed by atoms with Gasteiger partial charge in [0.2, 0.25) is 11.2 Å². The van der Waals surface area contributed by atoms with E-state index >= 15 is 0 Å². The molecule has 0 atom stereocenters. The lowest BCUT2D eigenvalue weighted by molar-refractivity contribution is -0.137. The Hall–Kier alpha value is -2.52. The molecule has 0 saturated carbocycles. The summed E-state index contributed by atoms with van der Waals surface area (Å²) >= 11 is 1.60. The molecule has 0 amide bonds. The van der Waals surface area contributed by atoms with Crippen LogP contribution >= 0.6 is 11.8 Å². The molecule has 2 heterocycles. The van der Waals surface area contributed by atoms with Crippen molar-refractivity contribution in [3.63, 3.8) is 0 Å². The Balaban J connectivity index is 1.41. The van der Waals surface area contributed by atoms with Gasteiger partial charge in [-0.15, -0.1) is 11.8 Å². The first kappa shape index (κ1) is 26.1. The summed E-state index contributed by atoms with van der Waals surface area (Å²) < 4.78 is 49.9. The number of benzene rings is 1. The first-order chi connectivity index (χ1) is 16.3. The molecule has 1 aromatic carbocycles. The minimum Gasteiger partial charge on any atom is -0.487 e. The number of halogens is 3. The third-order valence-electron chi connectivity index (χ3n) is 5.46. The SMILES string of the molecule is CCN(CC)Cc1cc(=O)c(OCCCCCSc2ccnc3cc(C(F)(F)F)ccc23)co1. The number of nitrogens with zero attached hydrogens (tertiary/aromatic N) is 2. The monoisotopic (exact) mass is 494 g/mol. The molecule has 0 radical (unpaired) electrons. The Labute approximate surface area is 201 Å². The average Bonchev–Trinajstić information content (AvgIpc) is 2.82. The van der Waals surface area contributed by atoms with Crippen molar-refractivity contribution < 1.29 is 22.3 Å². The maximum absolute atomic E-state index is 12.9. The van der Waals surface area contributed by atoms with Crippen LogP contribution in [0.25, 0.3) is 10.9 Å². The van der Waals surface area contributed by atoms with Crippen molar-refractivity contribution in [2.75, 3.05) is 25.4 Å². The highest BCUT2D eigenvalue weighted by Gasteiger charge is 2.30. The molecule has 0 fully saturated rings. The minimum absolute atomic E-state index is 0.179. The number of fused-ring (bicyclic) bond motifs is 1. The van der Waals surface area contributed by atoms with Gasteiger partial charge in [0.05, 0.1) is 24.2 Å². The van der Waals surface area contributed by atoms with Crippen molar-refractivity contribution >= 4 is 22.7 Å². The molecule has 9 heteroatoms. The maximum atomic E-state index is 12.9. The fraction of sp³-hybridized carbons (Fsp3) is 0.440. The molecule has 2 aromatic heterocycles. The molecule has 34 heavy (non-hydrogen) atoms. The van der Waals surface area contributed by atoms with Crippen LogP contribution in [0.5, 0.6) is 5.75 Å². The predicted octanol–water partition coefficient (Wildman–Crippen LogP) is 6.39. The molecule has 0 aliphatic rings. The lowest BCUT2D eigenvalue weighted by atomic mass is 10.1. The Morgan fingerprint density at radius 2 is 1.88 bits per heavy atom. The molecular weight excluding hydrogens is 465 g/mol. The molecule has 0 saturated heterocycles. The second-order valence-electron chi connectivity index (χ2n) is 7.83. The van der Waals surface area contributed by atoms with Crippen LogP contribution in [-0.2, 0) is 12.7 Å². The van der Waals surface area contributed by atoms with E-state index in [1.165, 1.54) is 24.6 Å². The fourth-order valence-corrected chi connectivity index (χ4v) is 4.52. The number of hydrogen-bond acceptors (Lipinski definition) is 6. The third kappa shape index (κ3) is 7.24. The van der Waals surface area contributed by atoms with E-state index in [1.807, 2.05) is 6.07 Å². The zero-order chi connectivity index (χ0) is 24.6. The van der Waals surface area contributed by atoms with Gasteiger partial charge in [-0.1, -0.05) is 19.9 Å². The first-order valence-corrected chi connectivity index (χ1v) is 12.4. The van der Waals surface area contributed by atoms with Gasteiger partial charge < -0.3 is 9.15 Å². The Bertz CT molecular complexity index is 1130. The number of alkyl halides is 3. The van der Waals surface area contributed by atoms with Gasteiger partial charge in [0, 0.05) is 22.5 Å². The van der Waals surface area contributed by atoms with E-state index in [0.717, 1.165) is 60.5 Å². The van der Waals surface area contributed by atoms with Crippen LogP contribution in [0.15, 0.2) is 56.9 Å². The van der Waals surface area contributed by atoms with Crippen molar-refractivity contribution in [1.29, 1.82) is 0 Å². The van der Waals surface area contributed by atoms with Gasteiger partial charge in [-0.2, -0.15) is 13.2 Å². The van der Waals surface area contributed by atoms with Gasteiger partial charge in [-0.05, 0) is 56.3 Å². The standard InChI is InChI=1S/C25H29F3N2O3S/c1-3-30(4-2)16-19-15-22(31)23(17-33-19)32-12-6-5-7-13-34-24-10-11-29-21-14-18(25(26,27)28)8-9-20(21)24/h8-11,14-15,17H,3-7,12-13,16H2,1-2H3. The predicted molar refractivity (Wildman–Crippen MR) is 128 cm³/mol. The molecule has 0 bridgehead atoms. The molecular formula is C25H29F3N2O3S. The second kappa shape index (κ2) is 12.3. The van der Waals surface area contributed by atoms with Crippen molar-refractivity contribution in [2.45, 2.75) is 50.7 Å². The molecule has 3 aromatic rings. The van der Waals surface area contributed by atoms with E-state index in [1.54, 1.807) is 11.8 Å². The summed E-state index contributed by atoms with van der Waals surface area (Å²) in [6.45, 7) is 6.90. The minimum atomic E-state index is -4.38. The Kier molecular flexibility index (Phi) is 9.41. The van der Waals surface area contributed by atoms with Crippen molar-refractivity contribution in [1.82, 2.24) is 9.88 Å². The van der Waals surface area contributed by atoms with Gasteiger partial charge >= 0.3 is 6.18 Å². The number of hydrogen-bond donors (Lipinski definition) is 0. The largest absolute Gasteiger partial charge is 0.487 e. The fourth-order valence-electron chi connectivity index (χ4n) is 3.46. The van der Waals surface area contributed by atoms with E-state index < -0.39 is 11.7 Å². The Morgan fingerprint density at radius 1 is 1.09 bits per heavy atom. The van der Waals surface area contributed by atoms with E-state index in [4.69, 9.17) is 9.15 Å². The number of unbranched alkanes of at least 4 members (excludes halogenated alkanes) is 2. The number of ether oxygens (including phenoxy) is 1. The zero-order valence-electron chi connectivity index (χ0n) is 19.4.